The van der Waals surface area contributed by atoms with E-state index in [0.717, 1.165) is 68.8 Å². The van der Waals surface area contributed by atoms with Crippen LogP contribution in [0.25, 0.3) is 10.4 Å². The van der Waals surface area contributed by atoms with Crippen LogP contribution in [0.4, 0.5) is 5.69 Å². The quantitative estimate of drug-likeness (QED) is 0.250. The van der Waals surface area contributed by atoms with E-state index in [9.17, 15) is 13.2 Å². The van der Waals surface area contributed by atoms with Crippen LogP contribution in [0.15, 0.2) is 66.0 Å². The van der Waals surface area contributed by atoms with E-state index in [1.165, 1.54) is 4.88 Å². The Morgan fingerprint density at radius 2 is 1.71 bits per heavy atom. The number of para-hydroxylation sites is 2. The maximum Gasteiger partial charge on any atom is 0.264 e. The molecule has 0 radical (unpaired) electrons. The van der Waals surface area contributed by atoms with Crippen molar-refractivity contribution in [2.45, 2.75) is 12.8 Å². The average molecular weight is 558 g/mol. The molecule has 0 spiro atoms. The fourth-order valence-electron chi connectivity index (χ4n) is 4.38. The Balaban J connectivity index is 1.13. The summed E-state index contributed by atoms with van der Waals surface area (Å²) in [6, 6.07) is 19.7. The molecule has 0 unspecified atom stereocenters. The molecule has 2 aromatic carbocycles. The van der Waals surface area contributed by atoms with E-state index in [4.69, 9.17) is 8.92 Å². The van der Waals surface area contributed by atoms with Gasteiger partial charge in [-0.2, -0.15) is 8.42 Å². The summed E-state index contributed by atoms with van der Waals surface area (Å²) in [6.07, 6.45) is 2.99. The lowest BCUT2D eigenvalue weighted by molar-refractivity contribution is 0.0952. The molecule has 0 saturated carbocycles. The predicted octanol–water partition coefficient (Wildman–Crippen LogP) is 4.10. The molecule has 204 valence electrons. The van der Waals surface area contributed by atoms with E-state index < -0.39 is 10.1 Å². The molecule has 8 nitrogen and oxygen atoms in total. The van der Waals surface area contributed by atoms with Crippen molar-refractivity contribution in [3.63, 3.8) is 0 Å². The number of rotatable bonds is 13. The Hall–Kier alpha value is -2.92. The Kier molecular flexibility index (Phi) is 10.2. The van der Waals surface area contributed by atoms with E-state index in [1.807, 2.05) is 54.6 Å². The minimum Gasteiger partial charge on any atom is -0.489 e. The maximum atomic E-state index is 12.5. The summed E-state index contributed by atoms with van der Waals surface area (Å²) < 4.78 is 32.8. The molecule has 1 aromatic heterocycles. The van der Waals surface area contributed by atoms with Gasteiger partial charge in [0.15, 0.2) is 0 Å². The van der Waals surface area contributed by atoms with E-state index in [2.05, 4.69) is 26.6 Å². The Labute approximate surface area is 229 Å². The molecular formula is C28H35N3O5S2. The summed E-state index contributed by atoms with van der Waals surface area (Å²) in [5.74, 6) is 0.704. The second kappa shape index (κ2) is 13.7. The smallest absolute Gasteiger partial charge is 0.264 e. The van der Waals surface area contributed by atoms with Crippen LogP contribution in [-0.2, 0) is 14.3 Å². The number of carbonyl (C=O) groups is 1. The van der Waals surface area contributed by atoms with Crippen LogP contribution in [0.2, 0.25) is 0 Å². The Morgan fingerprint density at radius 1 is 0.947 bits per heavy atom. The molecule has 0 aliphatic carbocycles. The topological polar surface area (TPSA) is 88.2 Å². The standard InChI is InChI=1S/C28H35N3O5S2/c1-38(33,34)36-21-20-35-26-8-3-2-7-25(26)31-18-16-30(17-19-31)15-5-4-14-29-28(32)24-12-10-23(11-13-24)27-9-6-22-37-27/h2-3,6-13,22H,4-5,14-21H2,1H3,(H,29,32). The van der Waals surface area contributed by atoms with Crippen molar-refractivity contribution < 1.29 is 22.1 Å². The summed E-state index contributed by atoms with van der Waals surface area (Å²) in [6.45, 7) is 5.50. The largest absolute Gasteiger partial charge is 0.489 e. The van der Waals surface area contributed by atoms with Gasteiger partial charge in [-0.3, -0.25) is 13.9 Å². The van der Waals surface area contributed by atoms with Crippen LogP contribution in [0.1, 0.15) is 23.2 Å². The minimum absolute atomic E-state index is 0.0106. The van der Waals surface area contributed by atoms with Gasteiger partial charge < -0.3 is 15.0 Å². The highest BCUT2D eigenvalue weighted by Crippen LogP contribution is 2.29. The number of piperazine rings is 1. The van der Waals surface area contributed by atoms with Crippen molar-refractivity contribution in [2.24, 2.45) is 0 Å². The van der Waals surface area contributed by atoms with Crippen molar-refractivity contribution >= 4 is 33.0 Å². The Morgan fingerprint density at radius 3 is 2.42 bits per heavy atom. The summed E-state index contributed by atoms with van der Waals surface area (Å²) >= 11 is 1.69. The summed E-state index contributed by atoms with van der Waals surface area (Å²) in [7, 11) is -3.47. The van der Waals surface area contributed by atoms with Gasteiger partial charge in [-0.05, 0) is 60.7 Å². The van der Waals surface area contributed by atoms with Crippen molar-refractivity contribution in [3.8, 4) is 16.2 Å². The molecule has 1 fully saturated rings. The third-order valence-electron chi connectivity index (χ3n) is 6.36. The molecule has 1 aliphatic heterocycles. The molecule has 10 heteroatoms. The van der Waals surface area contributed by atoms with Gasteiger partial charge in [0.2, 0.25) is 0 Å². The summed E-state index contributed by atoms with van der Waals surface area (Å²) in [5, 5.41) is 5.09. The first-order chi connectivity index (χ1) is 18.4. The van der Waals surface area contributed by atoms with Crippen molar-refractivity contribution in [3.05, 3.63) is 71.6 Å². The third kappa shape index (κ3) is 8.56. The third-order valence-corrected chi connectivity index (χ3v) is 7.87. The number of hydrogen-bond acceptors (Lipinski definition) is 8. The zero-order chi connectivity index (χ0) is 26.8. The number of anilines is 1. The zero-order valence-electron chi connectivity index (χ0n) is 21.7. The molecule has 0 bridgehead atoms. The first kappa shape index (κ1) is 28.1. The first-order valence-corrected chi connectivity index (χ1v) is 15.5. The average Bonchev–Trinajstić information content (AvgIpc) is 3.46. The van der Waals surface area contributed by atoms with Crippen molar-refractivity contribution in [1.82, 2.24) is 10.2 Å². The van der Waals surface area contributed by atoms with Crippen LogP contribution in [0, 0.1) is 0 Å². The van der Waals surface area contributed by atoms with Crippen LogP contribution in [0.3, 0.4) is 0 Å². The van der Waals surface area contributed by atoms with E-state index in [1.54, 1.807) is 11.3 Å². The Bertz CT molecular complexity index is 1260. The van der Waals surface area contributed by atoms with Crippen LogP contribution < -0.4 is 15.0 Å². The van der Waals surface area contributed by atoms with Gasteiger partial charge in [0.25, 0.3) is 16.0 Å². The van der Waals surface area contributed by atoms with E-state index >= 15 is 0 Å². The predicted molar refractivity (Wildman–Crippen MR) is 153 cm³/mol. The summed E-state index contributed by atoms with van der Waals surface area (Å²) in [4.78, 5) is 18.4. The van der Waals surface area contributed by atoms with Gasteiger partial charge in [0, 0.05) is 43.2 Å². The zero-order valence-corrected chi connectivity index (χ0v) is 23.3. The molecule has 4 rings (SSSR count). The highest BCUT2D eigenvalue weighted by molar-refractivity contribution is 7.85. The molecular weight excluding hydrogens is 522 g/mol. The second-order valence-electron chi connectivity index (χ2n) is 9.19. The fourth-order valence-corrected chi connectivity index (χ4v) is 5.49. The van der Waals surface area contributed by atoms with E-state index in [0.29, 0.717) is 12.1 Å². The lowest BCUT2D eigenvalue weighted by Crippen LogP contribution is -2.46. The van der Waals surface area contributed by atoms with Gasteiger partial charge in [0.05, 0.1) is 11.9 Å². The number of carbonyl (C=O) groups excluding carboxylic acids is 1. The van der Waals surface area contributed by atoms with E-state index in [-0.39, 0.29) is 19.1 Å². The van der Waals surface area contributed by atoms with Crippen LogP contribution in [0.5, 0.6) is 5.75 Å². The minimum atomic E-state index is -3.47. The normalized spacial score (nSPS) is 14.4. The van der Waals surface area contributed by atoms with Gasteiger partial charge >= 0.3 is 0 Å². The number of hydrogen-bond donors (Lipinski definition) is 1. The van der Waals surface area contributed by atoms with Gasteiger partial charge in [-0.25, -0.2) is 0 Å². The molecule has 2 heterocycles. The monoisotopic (exact) mass is 557 g/mol. The highest BCUT2D eigenvalue weighted by Gasteiger charge is 2.19. The number of ether oxygens (including phenoxy) is 1. The molecule has 38 heavy (non-hydrogen) atoms. The van der Waals surface area contributed by atoms with Gasteiger partial charge in [0.1, 0.15) is 19.0 Å². The van der Waals surface area contributed by atoms with Gasteiger partial charge in [-0.15, -0.1) is 11.3 Å². The van der Waals surface area contributed by atoms with Crippen LogP contribution >= 0.6 is 11.3 Å². The molecule has 1 aliphatic rings. The number of nitrogens with one attached hydrogen (secondary N) is 1. The summed E-state index contributed by atoms with van der Waals surface area (Å²) in [5.41, 5.74) is 2.83. The number of unbranched alkanes of at least 4 members (excludes halogenated alkanes) is 1. The SMILES string of the molecule is CS(=O)(=O)OCCOc1ccccc1N1CCN(CCCCNC(=O)c2ccc(-c3cccs3)cc2)CC1. The molecule has 1 N–H and O–H groups in total. The second-order valence-corrected chi connectivity index (χ2v) is 11.8. The van der Waals surface area contributed by atoms with Crippen molar-refractivity contribution in [2.75, 3.05) is 63.6 Å². The number of amides is 1. The maximum absolute atomic E-state index is 12.5. The molecule has 3 aromatic rings. The number of nitrogens with zero attached hydrogens (tertiary/aromatic N) is 2. The molecule has 0 atom stereocenters. The number of benzene rings is 2. The first-order valence-electron chi connectivity index (χ1n) is 12.8. The lowest BCUT2D eigenvalue weighted by Gasteiger charge is -2.36. The van der Waals surface area contributed by atoms with Gasteiger partial charge in [-0.1, -0.05) is 30.3 Å². The molecule has 1 amide bonds. The van der Waals surface area contributed by atoms with Crippen LogP contribution in [-0.4, -0.2) is 78.0 Å². The highest BCUT2D eigenvalue weighted by atomic mass is 32.2. The van der Waals surface area contributed by atoms with Crippen molar-refractivity contribution in [1.29, 1.82) is 0 Å². The molecule has 1 saturated heterocycles. The number of thiophene rings is 1. The lowest BCUT2D eigenvalue weighted by atomic mass is 10.1. The fraction of sp³-hybridized carbons (Fsp3) is 0.393.